The number of halogens is 1. The molecule has 4 nitrogen and oxygen atoms in total. The van der Waals surface area contributed by atoms with Crippen molar-refractivity contribution in [1.82, 2.24) is 20.1 Å². The first kappa shape index (κ1) is 13.2. The Bertz CT molecular complexity index is 811. The van der Waals surface area contributed by atoms with Crippen molar-refractivity contribution in [2.45, 2.75) is 13.1 Å². The van der Waals surface area contributed by atoms with Gasteiger partial charge >= 0.3 is 0 Å². The highest BCUT2D eigenvalue weighted by Gasteiger charge is 2.23. The van der Waals surface area contributed by atoms with Crippen LogP contribution in [0.15, 0.2) is 48.8 Å². The first-order valence-electron chi connectivity index (χ1n) is 7.30. The average Bonchev–Trinajstić information content (AvgIpc) is 2.95. The molecule has 0 saturated heterocycles. The highest BCUT2D eigenvalue weighted by molar-refractivity contribution is 5.83. The molecule has 0 atom stereocenters. The maximum absolute atomic E-state index is 14.3. The summed E-state index contributed by atoms with van der Waals surface area (Å²) in [5.74, 6) is -0.249. The van der Waals surface area contributed by atoms with E-state index in [0.29, 0.717) is 11.3 Å². The van der Waals surface area contributed by atoms with E-state index in [4.69, 9.17) is 0 Å². The third kappa shape index (κ3) is 2.10. The Morgan fingerprint density at radius 1 is 1.09 bits per heavy atom. The molecule has 4 rings (SSSR count). The number of rotatable bonds is 2. The van der Waals surface area contributed by atoms with Gasteiger partial charge < -0.3 is 5.32 Å². The second-order valence-electron chi connectivity index (χ2n) is 5.29. The van der Waals surface area contributed by atoms with Crippen molar-refractivity contribution in [2.24, 2.45) is 0 Å². The maximum atomic E-state index is 14.3. The molecule has 3 aromatic rings. The lowest BCUT2D eigenvalue weighted by molar-refractivity contribution is 0.477. The summed E-state index contributed by atoms with van der Waals surface area (Å²) in [7, 11) is 0. The van der Waals surface area contributed by atoms with Crippen LogP contribution < -0.4 is 5.32 Å². The zero-order valence-electron chi connectivity index (χ0n) is 12.0. The number of hydrogen-bond acceptors (Lipinski definition) is 3. The monoisotopic (exact) mass is 294 g/mol. The molecule has 0 aliphatic carbocycles. The van der Waals surface area contributed by atoms with E-state index in [1.165, 1.54) is 6.07 Å². The summed E-state index contributed by atoms with van der Waals surface area (Å²) in [4.78, 5) is 4.07. The van der Waals surface area contributed by atoms with Crippen molar-refractivity contribution in [3.8, 4) is 22.4 Å². The lowest BCUT2D eigenvalue weighted by Gasteiger charge is -2.16. The second kappa shape index (κ2) is 5.35. The third-order valence-electron chi connectivity index (χ3n) is 3.95. The first-order chi connectivity index (χ1) is 10.8. The number of hydrogen-bond donors (Lipinski definition) is 1. The zero-order valence-corrected chi connectivity index (χ0v) is 12.0. The van der Waals surface area contributed by atoms with Gasteiger partial charge in [-0.25, -0.2) is 4.39 Å². The van der Waals surface area contributed by atoms with Crippen LogP contribution in [-0.2, 0) is 13.1 Å². The van der Waals surface area contributed by atoms with Gasteiger partial charge in [-0.2, -0.15) is 5.10 Å². The number of benzene rings is 1. The van der Waals surface area contributed by atoms with Crippen molar-refractivity contribution in [2.75, 3.05) is 6.54 Å². The number of nitrogens with zero attached hydrogens (tertiary/aromatic N) is 3. The Morgan fingerprint density at radius 3 is 2.73 bits per heavy atom. The van der Waals surface area contributed by atoms with E-state index in [2.05, 4.69) is 15.4 Å². The van der Waals surface area contributed by atoms with Gasteiger partial charge in [0.05, 0.1) is 12.2 Å². The molecule has 0 saturated carbocycles. The Kier molecular flexibility index (Phi) is 3.20. The van der Waals surface area contributed by atoms with E-state index in [-0.39, 0.29) is 5.82 Å². The maximum Gasteiger partial charge on any atom is 0.132 e. The van der Waals surface area contributed by atoms with E-state index < -0.39 is 0 Å². The Hall–Kier alpha value is -2.53. The van der Waals surface area contributed by atoms with E-state index in [1.54, 1.807) is 24.5 Å². The molecule has 1 aliphatic heterocycles. The summed E-state index contributed by atoms with van der Waals surface area (Å²) < 4.78 is 16.2. The van der Waals surface area contributed by atoms with Crippen LogP contribution >= 0.6 is 0 Å². The van der Waals surface area contributed by atoms with E-state index in [1.807, 2.05) is 22.9 Å². The van der Waals surface area contributed by atoms with Crippen molar-refractivity contribution >= 4 is 0 Å². The van der Waals surface area contributed by atoms with Crippen LogP contribution in [0, 0.1) is 5.82 Å². The second-order valence-corrected chi connectivity index (χ2v) is 5.29. The third-order valence-corrected chi connectivity index (χ3v) is 3.95. The fraction of sp³-hybridized carbons (Fsp3) is 0.176. The molecule has 0 amide bonds. The van der Waals surface area contributed by atoms with Crippen molar-refractivity contribution in [3.05, 3.63) is 60.3 Å². The molecule has 2 aromatic heterocycles. The summed E-state index contributed by atoms with van der Waals surface area (Å²) in [6.07, 6.45) is 3.50. The molecule has 22 heavy (non-hydrogen) atoms. The van der Waals surface area contributed by atoms with Gasteiger partial charge in [0.25, 0.3) is 0 Å². The van der Waals surface area contributed by atoms with Crippen LogP contribution in [0.5, 0.6) is 0 Å². The molecule has 1 aromatic carbocycles. The van der Waals surface area contributed by atoms with Gasteiger partial charge in [0.15, 0.2) is 0 Å². The van der Waals surface area contributed by atoms with Crippen LogP contribution in [0.2, 0.25) is 0 Å². The molecule has 0 fully saturated rings. The van der Waals surface area contributed by atoms with Crippen LogP contribution in [0.1, 0.15) is 5.69 Å². The zero-order chi connectivity index (χ0) is 14.9. The summed E-state index contributed by atoms with van der Waals surface area (Å²) >= 11 is 0. The minimum atomic E-state index is -0.249. The van der Waals surface area contributed by atoms with Gasteiger partial charge in [-0.1, -0.05) is 12.1 Å². The van der Waals surface area contributed by atoms with Gasteiger partial charge in [-0.05, 0) is 29.8 Å². The van der Waals surface area contributed by atoms with Gasteiger partial charge in [0.1, 0.15) is 11.5 Å². The molecule has 3 heterocycles. The normalized spacial score (nSPS) is 13.9. The Balaban J connectivity index is 1.99. The number of fused-ring (bicyclic) bond motifs is 1. The van der Waals surface area contributed by atoms with Gasteiger partial charge in [0, 0.05) is 36.6 Å². The van der Waals surface area contributed by atoms with E-state index in [0.717, 1.165) is 36.5 Å². The first-order valence-corrected chi connectivity index (χ1v) is 7.30. The predicted molar refractivity (Wildman–Crippen MR) is 82.6 cm³/mol. The van der Waals surface area contributed by atoms with Gasteiger partial charge in [0.2, 0.25) is 0 Å². The topological polar surface area (TPSA) is 42.7 Å². The lowest BCUT2D eigenvalue weighted by Crippen LogP contribution is -2.28. The molecule has 110 valence electrons. The Labute approximate surface area is 127 Å². The summed E-state index contributed by atoms with van der Waals surface area (Å²) in [5, 5.41) is 8.03. The summed E-state index contributed by atoms with van der Waals surface area (Å²) in [6, 6.07) is 10.7. The molecule has 5 heteroatoms. The van der Waals surface area contributed by atoms with Crippen LogP contribution in [0.4, 0.5) is 4.39 Å². The largest absolute Gasteiger partial charge is 0.309 e. The molecule has 0 spiro atoms. The van der Waals surface area contributed by atoms with Crippen molar-refractivity contribution in [1.29, 1.82) is 0 Å². The van der Waals surface area contributed by atoms with E-state index >= 15 is 0 Å². The number of aromatic nitrogens is 3. The van der Waals surface area contributed by atoms with Gasteiger partial charge in [-0.3, -0.25) is 9.67 Å². The fourth-order valence-corrected chi connectivity index (χ4v) is 2.92. The Morgan fingerprint density at radius 2 is 1.91 bits per heavy atom. The van der Waals surface area contributed by atoms with Gasteiger partial charge in [-0.15, -0.1) is 0 Å². The lowest BCUT2D eigenvalue weighted by atomic mass is 9.99. The number of pyridine rings is 1. The van der Waals surface area contributed by atoms with Crippen LogP contribution in [0.3, 0.4) is 0 Å². The standard InChI is InChI=1S/C17H15FN4/c18-14-4-2-1-3-13(14)17-16(12-5-7-19-8-6-12)15-11-20-9-10-22(15)21-17/h1-8,20H,9-11H2. The number of nitrogens with one attached hydrogen (secondary N) is 1. The fourth-order valence-electron chi connectivity index (χ4n) is 2.92. The quantitative estimate of drug-likeness (QED) is 0.790. The highest BCUT2D eigenvalue weighted by Crippen LogP contribution is 2.36. The molecular formula is C17H15FN4. The molecular weight excluding hydrogens is 279 g/mol. The summed E-state index contributed by atoms with van der Waals surface area (Å²) in [5.41, 5.74) is 4.33. The minimum Gasteiger partial charge on any atom is -0.309 e. The van der Waals surface area contributed by atoms with Crippen LogP contribution in [-0.4, -0.2) is 21.3 Å². The molecule has 0 radical (unpaired) electrons. The highest BCUT2D eigenvalue weighted by atomic mass is 19.1. The SMILES string of the molecule is Fc1ccccc1-c1nn2c(c1-c1ccncc1)CNCC2. The predicted octanol–water partition coefficient (Wildman–Crippen LogP) is 2.85. The average molecular weight is 294 g/mol. The molecule has 1 aliphatic rings. The molecule has 1 N–H and O–H groups in total. The van der Waals surface area contributed by atoms with Crippen molar-refractivity contribution < 1.29 is 4.39 Å². The summed E-state index contributed by atoms with van der Waals surface area (Å²) in [6.45, 7) is 2.40. The van der Waals surface area contributed by atoms with E-state index in [9.17, 15) is 4.39 Å². The smallest absolute Gasteiger partial charge is 0.132 e. The molecule has 0 unspecified atom stereocenters. The van der Waals surface area contributed by atoms with Crippen molar-refractivity contribution in [3.63, 3.8) is 0 Å². The minimum absolute atomic E-state index is 0.249. The molecule has 0 bridgehead atoms. The van der Waals surface area contributed by atoms with Crippen LogP contribution in [0.25, 0.3) is 22.4 Å².